The molecule has 0 amide bonds. The molecule has 27 heavy (non-hydrogen) atoms. The molecule has 2 heterocycles. The van der Waals surface area contributed by atoms with Crippen molar-refractivity contribution in [2.75, 3.05) is 4.90 Å². The van der Waals surface area contributed by atoms with E-state index in [4.69, 9.17) is 11.6 Å². The minimum Gasteiger partial charge on any atom is -0.343 e. The van der Waals surface area contributed by atoms with Crippen LogP contribution >= 0.6 is 11.6 Å². The molecule has 0 atom stereocenters. The number of benzene rings is 3. The number of halogens is 1. The molecule has 3 aromatic carbocycles. The summed E-state index contributed by atoms with van der Waals surface area (Å²) in [5.41, 5.74) is 4.66. The number of anilines is 1. The molecule has 132 valence electrons. The second-order valence-corrected chi connectivity index (χ2v) is 6.69. The average Bonchev–Trinajstić information content (AvgIpc) is 2.75. The third-order valence-electron chi connectivity index (χ3n) is 4.52. The second-order valence-electron chi connectivity index (χ2n) is 6.28. The average molecular weight is 371 g/mol. The van der Waals surface area contributed by atoms with E-state index in [0.717, 1.165) is 17.1 Å². The van der Waals surface area contributed by atoms with E-state index in [1.165, 1.54) is 22.2 Å². The van der Waals surface area contributed by atoms with E-state index >= 15 is 0 Å². The Labute approximate surface area is 164 Å². The standard InChI is InChI=1S/C15H12ClN.C9H7N/c16-15-8-4-5-12-9-10-17(11-14(12)15)13-6-2-1-3-7-13;1-2-6-9-8(4-1)5-3-7-10-9/h1-10H,11H2;1-7H. The Balaban J connectivity index is 0.000000153. The van der Waals surface area contributed by atoms with Gasteiger partial charge >= 0.3 is 0 Å². The van der Waals surface area contributed by atoms with Crippen LogP contribution in [0.15, 0.2) is 97.3 Å². The maximum absolute atomic E-state index is 6.23. The minimum atomic E-state index is 0.829. The van der Waals surface area contributed by atoms with Crippen LogP contribution in [0, 0.1) is 0 Å². The van der Waals surface area contributed by atoms with Gasteiger partial charge in [0.05, 0.1) is 5.52 Å². The van der Waals surface area contributed by atoms with Gasteiger partial charge in [-0.1, -0.05) is 66.2 Å². The Bertz CT molecular complexity index is 1010. The molecule has 0 fully saturated rings. The van der Waals surface area contributed by atoms with Crippen molar-refractivity contribution < 1.29 is 0 Å². The predicted molar refractivity (Wildman–Crippen MR) is 115 cm³/mol. The number of rotatable bonds is 1. The highest BCUT2D eigenvalue weighted by atomic mass is 35.5. The maximum Gasteiger partial charge on any atom is 0.0701 e. The van der Waals surface area contributed by atoms with Crippen molar-refractivity contribution in [3.63, 3.8) is 0 Å². The number of para-hydroxylation sites is 2. The van der Waals surface area contributed by atoms with Crippen molar-refractivity contribution in [1.82, 2.24) is 4.98 Å². The molecule has 1 aromatic heterocycles. The first kappa shape index (κ1) is 17.3. The van der Waals surface area contributed by atoms with Crippen molar-refractivity contribution in [2.24, 2.45) is 0 Å². The minimum absolute atomic E-state index is 0.829. The molecule has 0 bridgehead atoms. The summed E-state index contributed by atoms with van der Waals surface area (Å²) in [5.74, 6) is 0. The Morgan fingerprint density at radius 1 is 0.778 bits per heavy atom. The first-order valence-electron chi connectivity index (χ1n) is 8.88. The van der Waals surface area contributed by atoms with E-state index < -0.39 is 0 Å². The summed E-state index contributed by atoms with van der Waals surface area (Å²) in [5, 5.41) is 2.04. The normalized spacial score (nSPS) is 12.3. The van der Waals surface area contributed by atoms with Crippen LogP contribution in [0.2, 0.25) is 5.02 Å². The zero-order valence-electron chi connectivity index (χ0n) is 14.8. The molecule has 0 N–H and O–H groups in total. The van der Waals surface area contributed by atoms with Gasteiger partial charge in [-0.15, -0.1) is 0 Å². The van der Waals surface area contributed by atoms with Crippen LogP contribution in [-0.2, 0) is 6.54 Å². The molecule has 2 nitrogen and oxygen atoms in total. The summed E-state index contributed by atoms with van der Waals surface area (Å²) in [4.78, 5) is 6.38. The lowest BCUT2D eigenvalue weighted by molar-refractivity contribution is 0.954. The highest BCUT2D eigenvalue weighted by Crippen LogP contribution is 2.29. The molecular weight excluding hydrogens is 352 g/mol. The second kappa shape index (κ2) is 8.07. The summed E-state index contributed by atoms with van der Waals surface area (Å²) in [6.07, 6.45) is 6.02. The van der Waals surface area contributed by atoms with E-state index in [2.05, 4.69) is 52.5 Å². The van der Waals surface area contributed by atoms with E-state index in [1.54, 1.807) is 0 Å². The van der Waals surface area contributed by atoms with Crippen LogP contribution in [0.25, 0.3) is 17.0 Å². The van der Waals surface area contributed by atoms with Gasteiger partial charge in [0.2, 0.25) is 0 Å². The molecule has 4 aromatic rings. The molecule has 0 saturated carbocycles. The van der Waals surface area contributed by atoms with E-state index in [0.29, 0.717) is 0 Å². The largest absolute Gasteiger partial charge is 0.343 e. The molecule has 0 unspecified atom stereocenters. The van der Waals surface area contributed by atoms with Gasteiger partial charge in [-0.05, 0) is 47.5 Å². The van der Waals surface area contributed by atoms with Gasteiger partial charge in [-0.2, -0.15) is 0 Å². The highest BCUT2D eigenvalue weighted by molar-refractivity contribution is 6.31. The SMILES string of the molecule is Clc1cccc2c1CN(c1ccccc1)C=C2.c1ccc2ncccc2c1. The van der Waals surface area contributed by atoms with Gasteiger partial charge in [-0.25, -0.2) is 0 Å². The van der Waals surface area contributed by atoms with E-state index in [1.807, 2.05) is 60.8 Å². The van der Waals surface area contributed by atoms with Crippen molar-refractivity contribution >= 4 is 34.3 Å². The lowest BCUT2D eigenvalue weighted by atomic mass is 10.0. The lowest BCUT2D eigenvalue weighted by Gasteiger charge is -2.26. The summed E-state index contributed by atoms with van der Waals surface area (Å²) >= 11 is 6.23. The number of hydrogen-bond acceptors (Lipinski definition) is 2. The monoisotopic (exact) mass is 370 g/mol. The molecule has 0 radical (unpaired) electrons. The van der Waals surface area contributed by atoms with Crippen molar-refractivity contribution in [3.8, 4) is 0 Å². The van der Waals surface area contributed by atoms with Crippen molar-refractivity contribution in [1.29, 1.82) is 0 Å². The van der Waals surface area contributed by atoms with Crippen molar-refractivity contribution in [3.05, 3.63) is 113 Å². The van der Waals surface area contributed by atoms with Crippen LogP contribution < -0.4 is 4.90 Å². The maximum atomic E-state index is 6.23. The van der Waals surface area contributed by atoms with Gasteiger partial charge in [0.15, 0.2) is 0 Å². The molecule has 0 spiro atoms. The molecule has 1 aliphatic heterocycles. The van der Waals surface area contributed by atoms with Crippen LogP contribution in [0.5, 0.6) is 0 Å². The third-order valence-corrected chi connectivity index (χ3v) is 4.87. The van der Waals surface area contributed by atoms with Gasteiger partial charge in [0.1, 0.15) is 0 Å². The molecule has 3 heteroatoms. The summed E-state index contributed by atoms with van der Waals surface area (Å²) in [7, 11) is 0. The Morgan fingerprint density at radius 2 is 1.56 bits per heavy atom. The molecule has 1 aliphatic rings. The fourth-order valence-electron chi connectivity index (χ4n) is 3.10. The Kier molecular flexibility index (Phi) is 5.17. The topological polar surface area (TPSA) is 16.1 Å². The van der Waals surface area contributed by atoms with Gasteiger partial charge in [0, 0.05) is 35.0 Å². The fraction of sp³-hybridized carbons (Fsp3) is 0.0417. The Hall–Kier alpha value is -3.10. The Morgan fingerprint density at radius 3 is 2.41 bits per heavy atom. The number of fused-ring (bicyclic) bond motifs is 2. The number of nitrogens with zero attached hydrogens (tertiary/aromatic N) is 2. The molecule has 0 saturated heterocycles. The molecule has 0 aliphatic carbocycles. The predicted octanol–water partition coefficient (Wildman–Crippen LogP) is 6.57. The smallest absolute Gasteiger partial charge is 0.0701 e. The van der Waals surface area contributed by atoms with Crippen LogP contribution in [0.3, 0.4) is 0 Å². The highest BCUT2D eigenvalue weighted by Gasteiger charge is 2.14. The van der Waals surface area contributed by atoms with Crippen molar-refractivity contribution in [2.45, 2.75) is 6.54 Å². The van der Waals surface area contributed by atoms with Crippen LogP contribution in [0.4, 0.5) is 5.69 Å². The fourth-order valence-corrected chi connectivity index (χ4v) is 3.35. The van der Waals surface area contributed by atoms with Gasteiger partial charge < -0.3 is 4.90 Å². The van der Waals surface area contributed by atoms with E-state index in [-0.39, 0.29) is 0 Å². The molecule has 5 rings (SSSR count). The summed E-state index contributed by atoms with van der Waals surface area (Å²) in [6, 6.07) is 28.4. The number of hydrogen-bond donors (Lipinski definition) is 0. The van der Waals surface area contributed by atoms with Crippen LogP contribution in [-0.4, -0.2) is 4.98 Å². The summed E-state index contributed by atoms with van der Waals surface area (Å²) in [6.45, 7) is 0.829. The number of aromatic nitrogens is 1. The summed E-state index contributed by atoms with van der Waals surface area (Å²) < 4.78 is 0. The first-order chi connectivity index (χ1) is 13.3. The van der Waals surface area contributed by atoms with Crippen LogP contribution in [0.1, 0.15) is 11.1 Å². The lowest BCUT2D eigenvalue weighted by Crippen LogP contribution is -2.19. The zero-order valence-corrected chi connectivity index (χ0v) is 15.6. The van der Waals surface area contributed by atoms with E-state index in [9.17, 15) is 0 Å². The quantitative estimate of drug-likeness (QED) is 0.377. The molecular formula is C24H19ClN2. The number of pyridine rings is 1. The van der Waals surface area contributed by atoms with Gasteiger partial charge in [-0.3, -0.25) is 4.98 Å². The third kappa shape index (κ3) is 4.02. The first-order valence-corrected chi connectivity index (χ1v) is 9.26. The zero-order chi connectivity index (χ0) is 18.5. The van der Waals surface area contributed by atoms with Gasteiger partial charge in [0.25, 0.3) is 0 Å².